The Labute approximate surface area is 125 Å². The summed E-state index contributed by atoms with van der Waals surface area (Å²) in [6.07, 6.45) is 0. The first-order valence-electron chi connectivity index (χ1n) is 7.66. The number of carbonyl (C=O) groups excluding carboxylic acids is 1. The second kappa shape index (κ2) is 5.86. The summed E-state index contributed by atoms with van der Waals surface area (Å²) in [5.74, 6) is 0.148. The maximum atomic E-state index is 12.7. The Morgan fingerprint density at radius 2 is 2.00 bits per heavy atom. The molecule has 0 saturated carbocycles. The van der Waals surface area contributed by atoms with E-state index in [0.29, 0.717) is 0 Å². The van der Waals surface area contributed by atoms with Crippen LogP contribution in [0.1, 0.15) is 25.3 Å². The fraction of sp³-hybridized carbons (Fsp3) is 0.389. The largest absolute Gasteiger partial charge is 0.337 e. The molecule has 1 heterocycles. The summed E-state index contributed by atoms with van der Waals surface area (Å²) in [7, 11) is 0. The number of hydrogen-bond acceptors (Lipinski definition) is 2. The Kier molecular flexibility index (Phi) is 3.93. The van der Waals surface area contributed by atoms with Crippen LogP contribution >= 0.6 is 0 Å². The van der Waals surface area contributed by atoms with Gasteiger partial charge in [-0.25, -0.2) is 0 Å². The molecule has 0 spiro atoms. The van der Waals surface area contributed by atoms with Gasteiger partial charge >= 0.3 is 0 Å². The molecule has 1 N–H and O–H groups in total. The zero-order valence-corrected chi connectivity index (χ0v) is 12.7. The molecule has 1 amide bonds. The van der Waals surface area contributed by atoms with E-state index in [1.54, 1.807) is 0 Å². The number of carbonyl (C=O) groups is 1. The smallest absolute Gasteiger partial charge is 0.230 e. The maximum absolute atomic E-state index is 12.7. The molecule has 21 heavy (non-hydrogen) atoms. The molecule has 1 fully saturated rings. The van der Waals surface area contributed by atoms with Crippen molar-refractivity contribution in [1.29, 1.82) is 0 Å². The summed E-state index contributed by atoms with van der Waals surface area (Å²) < 4.78 is 0. The molecule has 1 aliphatic rings. The zero-order chi connectivity index (χ0) is 14.8. The summed E-state index contributed by atoms with van der Waals surface area (Å²) >= 11 is 0. The number of nitrogens with zero attached hydrogens (tertiary/aromatic N) is 1. The van der Waals surface area contributed by atoms with E-state index in [4.69, 9.17) is 0 Å². The molecule has 0 aliphatic carbocycles. The monoisotopic (exact) mass is 282 g/mol. The summed E-state index contributed by atoms with van der Waals surface area (Å²) in [4.78, 5) is 14.8. The highest BCUT2D eigenvalue weighted by molar-refractivity contribution is 5.87. The lowest BCUT2D eigenvalue weighted by Crippen LogP contribution is -2.53. The number of amides is 1. The normalized spacial score (nSPS) is 20.5. The van der Waals surface area contributed by atoms with Gasteiger partial charge in [0.1, 0.15) is 0 Å². The van der Waals surface area contributed by atoms with Crippen molar-refractivity contribution in [2.75, 3.05) is 19.6 Å². The molecule has 0 aromatic heterocycles. The predicted octanol–water partition coefficient (Wildman–Crippen LogP) is 2.76. The third-order valence-corrected chi connectivity index (χ3v) is 4.43. The van der Waals surface area contributed by atoms with Crippen molar-refractivity contribution in [1.82, 2.24) is 10.2 Å². The second-order valence-corrected chi connectivity index (χ2v) is 5.91. The van der Waals surface area contributed by atoms with Gasteiger partial charge in [-0.15, -0.1) is 0 Å². The van der Waals surface area contributed by atoms with E-state index in [2.05, 4.69) is 42.6 Å². The van der Waals surface area contributed by atoms with Gasteiger partial charge in [-0.1, -0.05) is 42.5 Å². The highest BCUT2D eigenvalue weighted by Gasteiger charge is 2.27. The third kappa shape index (κ3) is 2.79. The number of nitrogens with one attached hydrogen (secondary N) is 1. The van der Waals surface area contributed by atoms with Gasteiger partial charge < -0.3 is 10.2 Å². The fourth-order valence-electron chi connectivity index (χ4n) is 3.04. The van der Waals surface area contributed by atoms with Crippen molar-refractivity contribution >= 4 is 16.7 Å². The number of piperazine rings is 1. The van der Waals surface area contributed by atoms with Gasteiger partial charge in [-0.2, -0.15) is 0 Å². The Morgan fingerprint density at radius 1 is 1.24 bits per heavy atom. The molecule has 3 nitrogen and oxygen atoms in total. The number of hydrogen-bond donors (Lipinski definition) is 1. The molecule has 2 unspecified atom stereocenters. The van der Waals surface area contributed by atoms with Crippen molar-refractivity contribution in [3.63, 3.8) is 0 Å². The SMILES string of the molecule is CC(C(=O)N1CCNCC1C)c1ccc2ccccc2c1. The van der Waals surface area contributed by atoms with Crippen molar-refractivity contribution in [2.45, 2.75) is 25.8 Å². The van der Waals surface area contributed by atoms with Crippen LogP contribution in [0.15, 0.2) is 42.5 Å². The summed E-state index contributed by atoms with van der Waals surface area (Å²) in [6, 6.07) is 14.9. The average molecular weight is 282 g/mol. The van der Waals surface area contributed by atoms with Crippen molar-refractivity contribution in [2.24, 2.45) is 0 Å². The molecule has 3 rings (SSSR count). The highest BCUT2D eigenvalue weighted by atomic mass is 16.2. The van der Waals surface area contributed by atoms with Crippen molar-refractivity contribution in [3.05, 3.63) is 48.0 Å². The number of fused-ring (bicyclic) bond motifs is 1. The van der Waals surface area contributed by atoms with Crippen molar-refractivity contribution in [3.8, 4) is 0 Å². The minimum absolute atomic E-state index is 0.0878. The topological polar surface area (TPSA) is 32.3 Å². The van der Waals surface area contributed by atoms with E-state index in [1.807, 2.05) is 24.0 Å². The molecule has 3 heteroatoms. The van der Waals surface area contributed by atoms with Crippen LogP contribution in [0.5, 0.6) is 0 Å². The van der Waals surface area contributed by atoms with Crippen LogP contribution in [0.4, 0.5) is 0 Å². The lowest BCUT2D eigenvalue weighted by Gasteiger charge is -2.35. The first-order chi connectivity index (χ1) is 10.2. The van der Waals surface area contributed by atoms with Gasteiger partial charge in [0.25, 0.3) is 0 Å². The van der Waals surface area contributed by atoms with E-state index < -0.39 is 0 Å². The lowest BCUT2D eigenvalue weighted by molar-refractivity contribution is -0.135. The van der Waals surface area contributed by atoms with E-state index in [1.165, 1.54) is 10.8 Å². The minimum Gasteiger partial charge on any atom is -0.337 e. The summed E-state index contributed by atoms with van der Waals surface area (Å²) in [5, 5.41) is 5.74. The minimum atomic E-state index is -0.0878. The maximum Gasteiger partial charge on any atom is 0.230 e. The van der Waals surface area contributed by atoms with Crippen LogP contribution in [0.3, 0.4) is 0 Å². The van der Waals surface area contributed by atoms with E-state index in [9.17, 15) is 4.79 Å². The Morgan fingerprint density at radius 3 is 2.76 bits per heavy atom. The number of benzene rings is 2. The van der Waals surface area contributed by atoms with Crippen molar-refractivity contribution < 1.29 is 4.79 Å². The molecule has 0 radical (unpaired) electrons. The van der Waals surface area contributed by atoms with E-state index in [0.717, 1.165) is 25.2 Å². The standard InChI is InChI=1S/C18H22N2O/c1-13-12-19-9-10-20(13)18(21)14(2)16-8-7-15-5-3-4-6-17(15)11-16/h3-8,11,13-14,19H,9-10,12H2,1-2H3. The number of rotatable bonds is 2. The van der Waals surface area contributed by atoms with Gasteiger partial charge in [-0.05, 0) is 30.2 Å². The van der Waals surface area contributed by atoms with E-state index in [-0.39, 0.29) is 17.9 Å². The molecule has 110 valence electrons. The predicted molar refractivity (Wildman–Crippen MR) is 86.4 cm³/mol. The Hall–Kier alpha value is -1.87. The molecular formula is C18H22N2O. The Bertz CT molecular complexity index is 652. The quantitative estimate of drug-likeness (QED) is 0.918. The molecule has 1 saturated heterocycles. The van der Waals surface area contributed by atoms with Crippen LogP contribution in [0, 0.1) is 0 Å². The van der Waals surface area contributed by atoms with Gasteiger partial charge in [0, 0.05) is 25.7 Å². The van der Waals surface area contributed by atoms with Crippen LogP contribution < -0.4 is 5.32 Å². The molecule has 0 bridgehead atoms. The summed E-state index contributed by atoms with van der Waals surface area (Å²) in [6.45, 7) is 6.70. The fourth-order valence-corrected chi connectivity index (χ4v) is 3.04. The zero-order valence-electron chi connectivity index (χ0n) is 12.7. The lowest BCUT2D eigenvalue weighted by atomic mass is 9.96. The second-order valence-electron chi connectivity index (χ2n) is 5.91. The first-order valence-corrected chi connectivity index (χ1v) is 7.66. The van der Waals surface area contributed by atoms with Crippen LogP contribution in [0.25, 0.3) is 10.8 Å². The molecule has 1 aliphatic heterocycles. The first kappa shape index (κ1) is 14.1. The molecule has 2 aromatic rings. The van der Waals surface area contributed by atoms with Gasteiger partial charge in [0.15, 0.2) is 0 Å². The third-order valence-electron chi connectivity index (χ3n) is 4.43. The molecule has 2 aromatic carbocycles. The summed E-state index contributed by atoms with van der Waals surface area (Å²) in [5.41, 5.74) is 1.10. The molecule has 2 atom stereocenters. The van der Waals surface area contributed by atoms with Gasteiger partial charge in [-0.3, -0.25) is 4.79 Å². The average Bonchev–Trinajstić information content (AvgIpc) is 2.53. The van der Waals surface area contributed by atoms with E-state index >= 15 is 0 Å². The molecular weight excluding hydrogens is 260 g/mol. The van der Waals surface area contributed by atoms with Gasteiger partial charge in [0.05, 0.1) is 5.92 Å². The van der Waals surface area contributed by atoms with Crippen LogP contribution in [-0.4, -0.2) is 36.5 Å². The van der Waals surface area contributed by atoms with Crippen LogP contribution in [0.2, 0.25) is 0 Å². The Balaban J connectivity index is 1.85. The van der Waals surface area contributed by atoms with Crippen LogP contribution in [-0.2, 0) is 4.79 Å². The van der Waals surface area contributed by atoms with Gasteiger partial charge in [0.2, 0.25) is 5.91 Å². The highest BCUT2D eigenvalue weighted by Crippen LogP contribution is 2.24.